The minimum atomic E-state index is -0.354. The van der Waals surface area contributed by atoms with Gasteiger partial charge < -0.3 is 10.4 Å². The van der Waals surface area contributed by atoms with Crippen LogP contribution in [-0.2, 0) is 6.54 Å². The average Bonchev–Trinajstić information content (AvgIpc) is 2.41. The fourth-order valence-electron chi connectivity index (χ4n) is 3.78. The Morgan fingerprint density at radius 1 is 1.19 bits per heavy atom. The number of piperazine rings is 1. The zero-order chi connectivity index (χ0) is 14.0. The van der Waals surface area contributed by atoms with E-state index in [1.54, 1.807) is 6.07 Å². The van der Waals surface area contributed by atoms with Crippen molar-refractivity contribution in [3.8, 4) is 5.75 Å². The normalized spacial score (nSPS) is 22.0. The number of nitrogens with zero attached hydrogens (tertiary/aromatic N) is 1. The number of phenolic OH excluding ortho intramolecular Hbond substituents is 1. The van der Waals surface area contributed by atoms with E-state index in [1.165, 1.54) is 38.2 Å². The molecule has 3 rings (SSSR count). The summed E-state index contributed by atoms with van der Waals surface area (Å²) in [6, 6.07) is 4.39. The summed E-state index contributed by atoms with van der Waals surface area (Å²) in [6.45, 7) is 3.75. The summed E-state index contributed by atoms with van der Waals surface area (Å²) in [7, 11) is 0. The Bertz CT molecular complexity index is 449. The van der Waals surface area contributed by atoms with Crippen molar-refractivity contribution in [2.75, 3.05) is 19.6 Å². The lowest BCUT2D eigenvalue weighted by Gasteiger charge is -2.50. The lowest BCUT2D eigenvalue weighted by Crippen LogP contribution is -2.61. The van der Waals surface area contributed by atoms with Crippen LogP contribution in [0.5, 0.6) is 5.75 Å². The van der Waals surface area contributed by atoms with Gasteiger partial charge in [0.2, 0.25) is 0 Å². The molecule has 0 amide bonds. The van der Waals surface area contributed by atoms with Gasteiger partial charge in [-0.2, -0.15) is 0 Å². The van der Waals surface area contributed by atoms with Crippen molar-refractivity contribution in [1.29, 1.82) is 0 Å². The van der Waals surface area contributed by atoms with E-state index in [1.807, 2.05) is 0 Å². The van der Waals surface area contributed by atoms with Crippen LogP contribution in [0.3, 0.4) is 0 Å². The van der Waals surface area contributed by atoms with E-state index < -0.39 is 0 Å². The molecule has 21 heavy (non-hydrogen) atoms. The van der Waals surface area contributed by atoms with Crippen LogP contribution in [0, 0.1) is 5.82 Å². The first-order chi connectivity index (χ1) is 9.68. The number of nitrogens with one attached hydrogen (secondary N) is 1. The molecule has 118 valence electrons. The molecule has 1 spiro atoms. The first kappa shape index (κ1) is 16.5. The second-order valence-electron chi connectivity index (χ2n) is 6.20. The van der Waals surface area contributed by atoms with Crippen molar-refractivity contribution in [3.63, 3.8) is 0 Å². The quantitative estimate of drug-likeness (QED) is 0.880. The van der Waals surface area contributed by atoms with Crippen molar-refractivity contribution in [3.05, 3.63) is 29.6 Å². The Balaban J connectivity index is 0.00000161. The zero-order valence-corrected chi connectivity index (χ0v) is 13.1. The maximum absolute atomic E-state index is 13.4. The molecule has 0 radical (unpaired) electrons. The Labute approximate surface area is 131 Å². The molecule has 0 bridgehead atoms. The Kier molecular flexibility index (Phi) is 5.47. The summed E-state index contributed by atoms with van der Waals surface area (Å²) in [5, 5.41) is 13.1. The van der Waals surface area contributed by atoms with Crippen LogP contribution in [-0.4, -0.2) is 35.2 Å². The molecule has 0 aromatic heterocycles. The van der Waals surface area contributed by atoms with Gasteiger partial charge in [0, 0.05) is 37.8 Å². The minimum Gasteiger partial charge on any atom is -0.508 e. The highest BCUT2D eigenvalue weighted by molar-refractivity contribution is 5.85. The number of rotatable bonds is 2. The average molecular weight is 315 g/mol. The standard InChI is InChI=1S/C16H23FN2O.ClH/c17-14-8-13(9-15(20)10-14)11-19-7-6-18-12-16(19)4-2-1-3-5-16;/h8-10,18,20H,1-7,11-12H2;1H. The van der Waals surface area contributed by atoms with E-state index in [2.05, 4.69) is 10.2 Å². The highest BCUT2D eigenvalue weighted by Gasteiger charge is 2.39. The van der Waals surface area contributed by atoms with Crippen molar-refractivity contribution in [1.82, 2.24) is 10.2 Å². The molecule has 1 aromatic rings. The van der Waals surface area contributed by atoms with Crippen LogP contribution in [0.4, 0.5) is 4.39 Å². The van der Waals surface area contributed by atoms with E-state index in [4.69, 9.17) is 0 Å². The van der Waals surface area contributed by atoms with Crippen molar-refractivity contribution in [2.45, 2.75) is 44.2 Å². The van der Waals surface area contributed by atoms with Gasteiger partial charge in [-0.1, -0.05) is 19.3 Å². The first-order valence-electron chi connectivity index (χ1n) is 7.62. The van der Waals surface area contributed by atoms with Gasteiger partial charge in [0.25, 0.3) is 0 Å². The highest BCUT2D eigenvalue weighted by atomic mass is 35.5. The molecule has 1 heterocycles. The van der Waals surface area contributed by atoms with Gasteiger partial charge in [-0.05, 0) is 30.5 Å². The summed E-state index contributed by atoms with van der Waals surface area (Å²) in [5.41, 5.74) is 1.10. The Hall–Kier alpha value is -0.840. The molecule has 5 heteroatoms. The van der Waals surface area contributed by atoms with E-state index in [9.17, 15) is 9.50 Å². The number of hydrogen-bond acceptors (Lipinski definition) is 3. The first-order valence-corrected chi connectivity index (χ1v) is 7.62. The van der Waals surface area contributed by atoms with Gasteiger partial charge >= 0.3 is 0 Å². The third-order valence-corrected chi connectivity index (χ3v) is 4.78. The van der Waals surface area contributed by atoms with E-state index in [0.29, 0.717) is 0 Å². The molecular formula is C16H24ClFN2O. The van der Waals surface area contributed by atoms with Crippen LogP contribution in [0.25, 0.3) is 0 Å². The van der Waals surface area contributed by atoms with E-state index >= 15 is 0 Å². The number of halogens is 2. The van der Waals surface area contributed by atoms with Crippen LogP contribution in [0.15, 0.2) is 18.2 Å². The molecular weight excluding hydrogens is 291 g/mol. The molecule has 1 aromatic carbocycles. The molecule has 1 aliphatic carbocycles. The second kappa shape index (κ2) is 6.95. The van der Waals surface area contributed by atoms with Crippen LogP contribution >= 0.6 is 12.4 Å². The lowest BCUT2D eigenvalue weighted by atomic mass is 9.79. The fraction of sp³-hybridized carbons (Fsp3) is 0.625. The Morgan fingerprint density at radius 2 is 1.95 bits per heavy atom. The van der Waals surface area contributed by atoms with Crippen LogP contribution in [0.1, 0.15) is 37.7 Å². The van der Waals surface area contributed by atoms with Crippen molar-refractivity contribution < 1.29 is 9.50 Å². The van der Waals surface area contributed by atoms with Gasteiger partial charge in [-0.15, -0.1) is 12.4 Å². The molecule has 2 N–H and O–H groups in total. The molecule has 1 aliphatic heterocycles. The molecule has 2 fully saturated rings. The summed E-state index contributed by atoms with van der Waals surface area (Å²) in [4.78, 5) is 2.50. The molecule has 1 saturated heterocycles. The van der Waals surface area contributed by atoms with E-state index in [-0.39, 0.29) is 29.5 Å². The van der Waals surface area contributed by atoms with Crippen molar-refractivity contribution >= 4 is 12.4 Å². The SMILES string of the molecule is Cl.Oc1cc(F)cc(CN2CCNCC23CCCCC3)c1. The van der Waals surface area contributed by atoms with Gasteiger partial charge in [0.05, 0.1) is 0 Å². The number of benzene rings is 1. The fourth-order valence-corrected chi connectivity index (χ4v) is 3.78. The van der Waals surface area contributed by atoms with Gasteiger partial charge in [0.1, 0.15) is 11.6 Å². The zero-order valence-electron chi connectivity index (χ0n) is 12.3. The molecule has 1 saturated carbocycles. The summed E-state index contributed by atoms with van der Waals surface area (Å²) < 4.78 is 13.4. The number of phenols is 1. The Morgan fingerprint density at radius 3 is 2.67 bits per heavy atom. The summed E-state index contributed by atoms with van der Waals surface area (Å²) in [6.07, 6.45) is 6.35. The molecule has 3 nitrogen and oxygen atoms in total. The lowest BCUT2D eigenvalue weighted by molar-refractivity contribution is 0.0208. The predicted molar refractivity (Wildman–Crippen MR) is 84.4 cm³/mol. The van der Waals surface area contributed by atoms with Crippen molar-refractivity contribution in [2.24, 2.45) is 0 Å². The highest BCUT2D eigenvalue weighted by Crippen LogP contribution is 2.35. The topological polar surface area (TPSA) is 35.5 Å². The van der Waals surface area contributed by atoms with Crippen LogP contribution in [0.2, 0.25) is 0 Å². The van der Waals surface area contributed by atoms with Gasteiger partial charge in [-0.25, -0.2) is 4.39 Å². The minimum absolute atomic E-state index is 0. The smallest absolute Gasteiger partial charge is 0.127 e. The number of aromatic hydroxyl groups is 1. The molecule has 0 atom stereocenters. The third kappa shape index (κ3) is 3.68. The largest absolute Gasteiger partial charge is 0.508 e. The predicted octanol–water partition coefficient (Wildman–Crippen LogP) is 3.06. The van der Waals surface area contributed by atoms with Gasteiger partial charge in [-0.3, -0.25) is 4.90 Å². The maximum Gasteiger partial charge on any atom is 0.127 e. The summed E-state index contributed by atoms with van der Waals surface area (Å²) >= 11 is 0. The van der Waals surface area contributed by atoms with E-state index in [0.717, 1.165) is 37.8 Å². The molecule has 0 unspecified atom stereocenters. The second-order valence-corrected chi connectivity index (χ2v) is 6.20. The monoisotopic (exact) mass is 314 g/mol. The van der Waals surface area contributed by atoms with Crippen LogP contribution < -0.4 is 5.32 Å². The molecule has 2 aliphatic rings. The number of hydrogen-bond donors (Lipinski definition) is 2. The summed E-state index contributed by atoms with van der Waals surface area (Å²) in [5.74, 6) is -0.333. The van der Waals surface area contributed by atoms with Gasteiger partial charge in [0.15, 0.2) is 0 Å². The maximum atomic E-state index is 13.4. The third-order valence-electron chi connectivity index (χ3n) is 4.78.